The first kappa shape index (κ1) is 15.8. The molecule has 0 aromatic heterocycles. The zero-order chi connectivity index (χ0) is 14.2. The zero-order valence-corrected chi connectivity index (χ0v) is 12.8. The van der Waals surface area contributed by atoms with Crippen LogP contribution in [0, 0.1) is 5.92 Å². The molecule has 1 heterocycles. The minimum atomic E-state index is 0.166. The highest BCUT2D eigenvalue weighted by molar-refractivity contribution is 5.76. The smallest absolute Gasteiger partial charge is 0.222 e. The van der Waals surface area contributed by atoms with Crippen molar-refractivity contribution in [2.45, 2.75) is 70.4 Å². The molecule has 0 radical (unpaired) electrons. The third-order valence-corrected chi connectivity index (χ3v) is 4.76. The van der Waals surface area contributed by atoms with E-state index in [1.54, 1.807) is 0 Å². The molecule has 20 heavy (non-hydrogen) atoms. The van der Waals surface area contributed by atoms with Gasteiger partial charge in [-0.05, 0) is 57.5 Å². The minimum Gasteiger partial charge on any atom is -0.378 e. The van der Waals surface area contributed by atoms with Crippen LogP contribution in [0.3, 0.4) is 0 Å². The van der Waals surface area contributed by atoms with Crippen LogP contribution < -0.4 is 10.6 Å². The number of carbonyl (C=O) groups is 1. The molecule has 2 fully saturated rings. The molecule has 1 saturated carbocycles. The van der Waals surface area contributed by atoms with Crippen molar-refractivity contribution in [3.63, 3.8) is 0 Å². The van der Waals surface area contributed by atoms with Gasteiger partial charge in [0.15, 0.2) is 0 Å². The van der Waals surface area contributed by atoms with Gasteiger partial charge < -0.3 is 15.4 Å². The highest BCUT2D eigenvalue weighted by Gasteiger charge is 2.21. The number of nitrogens with one attached hydrogen (secondary N) is 2. The molecule has 2 aliphatic rings. The van der Waals surface area contributed by atoms with E-state index in [1.807, 2.05) is 0 Å². The highest BCUT2D eigenvalue weighted by atomic mass is 16.5. The van der Waals surface area contributed by atoms with Crippen LogP contribution in [-0.4, -0.2) is 37.7 Å². The maximum Gasteiger partial charge on any atom is 0.222 e. The average molecular weight is 282 g/mol. The van der Waals surface area contributed by atoms with Crippen LogP contribution in [0.2, 0.25) is 0 Å². The lowest BCUT2D eigenvalue weighted by Crippen LogP contribution is -2.38. The van der Waals surface area contributed by atoms with Gasteiger partial charge in [-0.1, -0.05) is 13.3 Å². The second-order valence-corrected chi connectivity index (χ2v) is 6.26. The van der Waals surface area contributed by atoms with Crippen LogP contribution in [0.15, 0.2) is 0 Å². The lowest BCUT2D eigenvalue weighted by Gasteiger charge is -2.28. The van der Waals surface area contributed by atoms with E-state index in [0.717, 1.165) is 44.7 Å². The largest absolute Gasteiger partial charge is 0.378 e. The summed E-state index contributed by atoms with van der Waals surface area (Å²) in [4.78, 5) is 11.9. The number of hydrogen-bond donors (Lipinski definition) is 2. The summed E-state index contributed by atoms with van der Waals surface area (Å²) in [6.45, 7) is 4.91. The summed E-state index contributed by atoms with van der Waals surface area (Å²) in [5.74, 6) is 1.05. The van der Waals surface area contributed by atoms with Crippen LogP contribution in [0.25, 0.3) is 0 Å². The maximum absolute atomic E-state index is 11.9. The van der Waals surface area contributed by atoms with Crippen molar-refractivity contribution in [1.29, 1.82) is 0 Å². The van der Waals surface area contributed by atoms with Gasteiger partial charge in [-0.25, -0.2) is 0 Å². The van der Waals surface area contributed by atoms with Crippen LogP contribution in [0.4, 0.5) is 0 Å². The maximum atomic E-state index is 11.9. The molecule has 0 spiro atoms. The molecule has 0 aromatic rings. The molecule has 0 unspecified atom stereocenters. The Kier molecular flexibility index (Phi) is 6.80. The van der Waals surface area contributed by atoms with Crippen LogP contribution in [0.5, 0.6) is 0 Å². The molecule has 4 heteroatoms. The molecule has 116 valence electrons. The van der Waals surface area contributed by atoms with E-state index in [9.17, 15) is 4.79 Å². The van der Waals surface area contributed by atoms with Crippen molar-refractivity contribution in [2.75, 3.05) is 19.7 Å². The van der Waals surface area contributed by atoms with Crippen molar-refractivity contribution in [1.82, 2.24) is 10.6 Å². The molecule has 1 amide bonds. The normalized spacial score (nSPS) is 28.2. The molecule has 1 aliphatic carbocycles. The Bertz CT molecular complexity index is 282. The van der Waals surface area contributed by atoms with Crippen molar-refractivity contribution in [3.8, 4) is 0 Å². The average Bonchev–Trinajstić information content (AvgIpc) is 2.49. The first-order valence-corrected chi connectivity index (χ1v) is 8.39. The quantitative estimate of drug-likeness (QED) is 0.785. The van der Waals surface area contributed by atoms with Gasteiger partial charge in [0.1, 0.15) is 0 Å². The fraction of sp³-hybridized carbons (Fsp3) is 0.938. The molecule has 1 aliphatic heterocycles. The van der Waals surface area contributed by atoms with Crippen molar-refractivity contribution in [3.05, 3.63) is 0 Å². The number of ether oxygens (including phenoxy) is 1. The predicted octanol–water partition coefficient (Wildman–Crippen LogP) is 2.23. The molecule has 0 bridgehead atoms. The van der Waals surface area contributed by atoms with Crippen LogP contribution in [-0.2, 0) is 9.53 Å². The topological polar surface area (TPSA) is 50.4 Å². The zero-order valence-electron chi connectivity index (χ0n) is 12.8. The monoisotopic (exact) mass is 282 g/mol. The van der Waals surface area contributed by atoms with Gasteiger partial charge in [0.2, 0.25) is 5.91 Å². The van der Waals surface area contributed by atoms with E-state index in [1.165, 1.54) is 19.3 Å². The lowest BCUT2D eigenvalue weighted by molar-refractivity contribution is -0.123. The van der Waals surface area contributed by atoms with Gasteiger partial charge in [0.05, 0.1) is 12.7 Å². The van der Waals surface area contributed by atoms with E-state index in [0.29, 0.717) is 25.2 Å². The second-order valence-electron chi connectivity index (χ2n) is 6.26. The van der Waals surface area contributed by atoms with Crippen LogP contribution >= 0.6 is 0 Å². The van der Waals surface area contributed by atoms with Crippen molar-refractivity contribution >= 4 is 5.91 Å². The lowest BCUT2D eigenvalue weighted by atomic mass is 9.84. The van der Waals surface area contributed by atoms with Crippen molar-refractivity contribution in [2.24, 2.45) is 5.92 Å². The van der Waals surface area contributed by atoms with Gasteiger partial charge >= 0.3 is 0 Å². The Morgan fingerprint density at radius 2 is 1.85 bits per heavy atom. The summed E-state index contributed by atoms with van der Waals surface area (Å²) in [6, 6.07) is 0.407. The minimum absolute atomic E-state index is 0.166. The Labute approximate surface area is 123 Å². The molecule has 1 saturated heterocycles. The van der Waals surface area contributed by atoms with Gasteiger partial charge in [-0.2, -0.15) is 0 Å². The van der Waals surface area contributed by atoms with Crippen molar-refractivity contribution < 1.29 is 9.53 Å². The van der Waals surface area contributed by atoms with Gasteiger partial charge in [0, 0.05) is 12.5 Å². The Hall–Kier alpha value is -0.610. The standard InChI is InChI=1S/C16H30N2O2/c1-2-13-3-5-14(6-4-13)18-16(19)9-12-20-15-7-10-17-11-8-15/h13-15,17H,2-12H2,1H3,(H,18,19). The van der Waals surface area contributed by atoms with Gasteiger partial charge in [0.25, 0.3) is 0 Å². The first-order valence-electron chi connectivity index (χ1n) is 8.39. The molecule has 2 N–H and O–H groups in total. The molecule has 0 atom stereocenters. The number of carbonyl (C=O) groups excluding carboxylic acids is 1. The van der Waals surface area contributed by atoms with E-state index in [2.05, 4.69) is 17.6 Å². The fourth-order valence-electron chi connectivity index (χ4n) is 3.30. The third kappa shape index (κ3) is 5.41. The molecular formula is C16H30N2O2. The molecule has 4 nitrogen and oxygen atoms in total. The summed E-state index contributed by atoms with van der Waals surface area (Å²) < 4.78 is 5.78. The fourth-order valence-corrected chi connectivity index (χ4v) is 3.30. The SMILES string of the molecule is CCC1CCC(NC(=O)CCOC2CCNCC2)CC1. The Morgan fingerprint density at radius 3 is 2.50 bits per heavy atom. The third-order valence-electron chi connectivity index (χ3n) is 4.76. The van der Waals surface area contributed by atoms with E-state index in [4.69, 9.17) is 4.74 Å². The molecule has 0 aromatic carbocycles. The molecular weight excluding hydrogens is 252 g/mol. The summed E-state index contributed by atoms with van der Waals surface area (Å²) >= 11 is 0. The Balaban J connectivity index is 1.54. The summed E-state index contributed by atoms with van der Waals surface area (Å²) in [6.07, 6.45) is 9.14. The number of piperidine rings is 1. The van der Waals surface area contributed by atoms with Gasteiger partial charge in [-0.3, -0.25) is 4.79 Å². The van der Waals surface area contributed by atoms with Crippen LogP contribution in [0.1, 0.15) is 58.3 Å². The number of amides is 1. The van der Waals surface area contributed by atoms with E-state index in [-0.39, 0.29) is 5.91 Å². The molecule has 2 rings (SSSR count). The van der Waals surface area contributed by atoms with E-state index < -0.39 is 0 Å². The number of hydrogen-bond acceptors (Lipinski definition) is 3. The van der Waals surface area contributed by atoms with Gasteiger partial charge in [-0.15, -0.1) is 0 Å². The Morgan fingerprint density at radius 1 is 1.15 bits per heavy atom. The van der Waals surface area contributed by atoms with E-state index >= 15 is 0 Å². The highest BCUT2D eigenvalue weighted by Crippen LogP contribution is 2.26. The second kappa shape index (κ2) is 8.63. The number of rotatable bonds is 6. The summed E-state index contributed by atoms with van der Waals surface area (Å²) in [7, 11) is 0. The first-order chi connectivity index (χ1) is 9.78. The predicted molar refractivity (Wildman–Crippen MR) is 80.6 cm³/mol. The summed E-state index contributed by atoms with van der Waals surface area (Å²) in [5.41, 5.74) is 0. The summed E-state index contributed by atoms with van der Waals surface area (Å²) in [5, 5.41) is 6.49.